The maximum atomic E-state index is 13.3. The molecule has 5 heteroatoms. The van der Waals surface area contributed by atoms with E-state index in [1.165, 1.54) is 25.9 Å². The summed E-state index contributed by atoms with van der Waals surface area (Å²) in [4.78, 5) is 17.9. The van der Waals surface area contributed by atoms with Crippen LogP contribution < -0.4 is 0 Å². The fourth-order valence-corrected chi connectivity index (χ4v) is 4.47. The van der Waals surface area contributed by atoms with Crippen molar-refractivity contribution in [3.63, 3.8) is 0 Å². The van der Waals surface area contributed by atoms with Crippen LogP contribution >= 0.6 is 23.2 Å². The molecule has 1 aromatic rings. The number of carbonyl (C=O) groups is 1. The van der Waals surface area contributed by atoms with E-state index in [2.05, 4.69) is 23.6 Å². The summed E-state index contributed by atoms with van der Waals surface area (Å²) >= 11 is 12.2. The average molecular weight is 383 g/mol. The first kappa shape index (κ1) is 19.0. The van der Waals surface area contributed by atoms with Crippen LogP contribution in [0, 0.1) is 5.92 Å². The SMILES string of the molecule is CC(C)C(CN1CCCC1)N1CCC[C@@H](c2ccc(Cl)c(Cl)c2)C1=O. The molecule has 25 heavy (non-hydrogen) atoms. The molecular formula is C20H28Cl2N2O. The zero-order chi connectivity index (χ0) is 18.0. The van der Waals surface area contributed by atoms with Gasteiger partial charge in [-0.1, -0.05) is 43.1 Å². The largest absolute Gasteiger partial charge is 0.338 e. The van der Waals surface area contributed by atoms with Crippen molar-refractivity contribution < 1.29 is 4.79 Å². The molecule has 0 N–H and O–H groups in total. The first-order chi connectivity index (χ1) is 12.0. The third kappa shape index (κ3) is 4.32. The lowest BCUT2D eigenvalue weighted by atomic mass is 9.87. The zero-order valence-corrected chi connectivity index (χ0v) is 16.7. The number of rotatable bonds is 5. The minimum atomic E-state index is -0.0941. The summed E-state index contributed by atoms with van der Waals surface area (Å²) in [5, 5.41) is 1.07. The summed E-state index contributed by atoms with van der Waals surface area (Å²) in [6.07, 6.45) is 4.50. The zero-order valence-electron chi connectivity index (χ0n) is 15.2. The van der Waals surface area contributed by atoms with Crippen molar-refractivity contribution in [2.75, 3.05) is 26.2 Å². The van der Waals surface area contributed by atoms with Gasteiger partial charge in [0.05, 0.1) is 16.0 Å². The Morgan fingerprint density at radius 3 is 2.44 bits per heavy atom. The second kappa shape index (κ2) is 8.28. The summed E-state index contributed by atoms with van der Waals surface area (Å²) in [7, 11) is 0. The lowest BCUT2D eigenvalue weighted by Crippen LogP contribution is -2.52. The van der Waals surface area contributed by atoms with Gasteiger partial charge < -0.3 is 9.80 Å². The quantitative estimate of drug-likeness (QED) is 0.728. The summed E-state index contributed by atoms with van der Waals surface area (Å²) in [5.41, 5.74) is 0.993. The fourth-order valence-electron chi connectivity index (χ4n) is 4.17. The maximum absolute atomic E-state index is 13.3. The van der Waals surface area contributed by atoms with Gasteiger partial charge in [0.25, 0.3) is 0 Å². The number of hydrogen-bond donors (Lipinski definition) is 0. The molecule has 3 rings (SSSR count). The van der Waals surface area contributed by atoms with Crippen LogP contribution in [0.2, 0.25) is 10.0 Å². The van der Waals surface area contributed by atoms with E-state index < -0.39 is 0 Å². The Morgan fingerprint density at radius 1 is 1.08 bits per heavy atom. The molecule has 2 aliphatic heterocycles. The molecule has 0 bridgehead atoms. The second-order valence-electron chi connectivity index (χ2n) is 7.72. The van der Waals surface area contributed by atoms with Crippen molar-refractivity contribution in [3.05, 3.63) is 33.8 Å². The molecule has 2 fully saturated rings. The molecule has 3 nitrogen and oxygen atoms in total. The Balaban J connectivity index is 1.78. The molecule has 1 amide bonds. The Labute approximate surface area is 161 Å². The van der Waals surface area contributed by atoms with Gasteiger partial charge in [-0.2, -0.15) is 0 Å². The first-order valence-corrected chi connectivity index (χ1v) is 10.2. The van der Waals surface area contributed by atoms with Gasteiger partial charge in [0.2, 0.25) is 5.91 Å². The second-order valence-corrected chi connectivity index (χ2v) is 8.53. The van der Waals surface area contributed by atoms with Gasteiger partial charge in [0.15, 0.2) is 0 Å². The highest BCUT2D eigenvalue weighted by atomic mass is 35.5. The molecule has 2 atom stereocenters. The molecule has 1 aromatic carbocycles. The number of carbonyl (C=O) groups excluding carboxylic acids is 1. The van der Waals surface area contributed by atoms with E-state index in [4.69, 9.17) is 23.2 Å². The van der Waals surface area contributed by atoms with Crippen LogP contribution in [0.5, 0.6) is 0 Å². The summed E-state index contributed by atoms with van der Waals surface area (Å²) in [6.45, 7) is 8.67. The molecule has 0 spiro atoms. The molecule has 1 unspecified atom stereocenters. The number of nitrogens with zero attached hydrogens (tertiary/aromatic N) is 2. The van der Waals surface area contributed by atoms with E-state index in [1.54, 1.807) is 6.07 Å². The molecular weight excluding hydrogens is 355 g/mol. The van der Waals surface area contributed by atoms with Gasteiger partial charge in [-0.15, -0.1) is 0 Å². The lowest BCUT2D eigenvalue weighted by Gasteiger charge is -2.41. The normalized spacial score (nSPS) is 23.5. The van der Waals surface area contributed by atoms with Crippen molar-refractivity contribution in [1.82, 2.24) is 9.80 Å². The van der Waals surface area contributed by atoms with Crippen molar-refractivity contribution in [1.29, 1.82) is 0 Å². The highest BCUT2D eigenvalue weighted by Crippen LogP contribution is 2.34. The fraction of sp³-hybridized carbons (Fsp3) is 0.650. The predicted octanol–water partition coefficient (Wildman–Crippen LogP) is 4.82. The smallest absolute Gasteiger partial charge is 0.230 e. The molecule has 2 aliphatic rings. The van der Waals surface area contributed by atoms with Crippen LogP contribution in [0.25, 0.3) is 0 Å². The van der Waals surface area contributed by atoms with Gasteiger partial charge in [0, 0.05) is 19.1 Å². The number of likely N-dealkylation sites (tertiary alicyclic amines) is 2. The van der Waals surface area contributed by atoms with Gasteiger partial charge in [0.1, 0.15) is 0 Å². The summed E-state index contributed by atoms with van der Waals surface area (Å²) < 4.78 is 0. The van der Waals surface area contributed by atoms with Crippen LogP contribution in [0.15, 0.2) is 18.2 Å². The number of hydrogen-bond acceptors (Lipinski definition) is 2. The third-order valence-electron chi connectivity index (χ3n) is 5.63. The lowest BCUT2D eigenvalue weighted by molar-refractivity contribution is -0.139. The van der Waals surface area contributed by atoms with Crippen LogP contribution in [0.3, 0.4) is 0 Å². The van der Waals surface area contributed by atoms with Crippen molar-refractivity contribution in [2.24, 2.45) is 5.92 Å². The Morgan fingerprint density at radius 2 is 1.80 bits per heavy atom. The number of amides is 1. The Bertz CT molecular complexity index is 614. The minimum Gasteiger partial charge on any atom is -0.338 e. The average Bonchev–Trinajstić information content (AvgIpc) is 3.09. The molecule has 0 radical (unpaired) electrons. The van der Waals surface area contributed by atoms with E-state index in [0.717, 1.165) is 31.5 Å². The van der Waals surface area contributed by atoms with Crippen molar-refractivity contribution in [2.45, 2.75) is 51.5 Å². The third-order valence-corrected chi connectivity index (χ3v) is 6.37. The minimum absolute atomic E-state index is 0.0941. The topological polar surface area (TPSA) is 23.6 Å². The van der Waals surface area contributed by atoms with Crippen LogP contribution in [0.4, 0.5) is 0 Å². The standard InChI is InChI=1S/C20H28Cl2N2O/c1-14(2)19(13-23-9-3-4-10-23)24-11-5-6-16(20(24)25)15-7-8-17(21)18(22)12-15/h7-8,12,14,16,19H,3-6,9-11,13H2,1-2H3/t16-,19?/m0/s1. The molecule has 2 saturated heterocycles. The van der Waals surface area contributed by atoms with Crippen molar-refractivity contribution in [3.8, 4) is 0 Å². The van der Waals surface area contributed by atoms with Gasteiger partial charge >= 0.3 is 0 Å². The van der Waals surface area contributed by atoms with Crippen LogP contribution in [0.1, 0.15) is 51.0 Å². The Kier molecular flexibility index (Phi) is 6.30. The first-order valence-electron chi connectivity index (χ1n) is 9.45. The van der Waals surface area contributed by atoms with Crippen molar-refractivity contribution >= 4 is 29.1 Å². The van der Waals surface area contributed by atoms with E-state index >= 15 is 0 Å². The van der Waals surface area contributed by atoms with Gasteiger partial charge in [-0.25, -0.2) is 0 Å². The maximum Gasteiger partial charge on any atom is 0.230 e. The Hall–Kier alpha value is -0.770. The van der Waals surface area contributed by atoms with E-state index in [1.807, 2.05) is 12.1 Å². The van der Waals surface area contributed by atoms with E-state index in [-0.39, 0.29) is 17.9 Å². The predicted molar refractivity (Wildman–Crippen MR) is 104 cm³/mol. The van der Waals surface area contributed by atoms with Crippen LogP contribution in [-0.4, -0.2) is 47.9 Å². The van der Waals surface area contributed by atoms with Crippen LogP contribution in [-0.2, 0) is 4.79 Å². The number of halogens is 2. The van der Waals surface area contributed by atoms with E-state index in [9.17, 15) is 4.79 Å². The molecule has 0 saturated carbocycles. The highest BCUT2D eigenvalue weighted by molar-refractivity contribution is 6.42. The number of piperidine rings is 1. The highest BCUT2D eigenvalue weighted by Gasteiger charge is 2.36. The molecule has 0 aromatic heterocycles. The monoisotopic (exact) mass is 382 g/mol. The summed E-state index contributed by atoms with van der Waals surface area (Å²) in [5.74, 6) is 0.614. The summed E-state index contributed by atoms with van der Waals surface area (Å²) in [6, 6.07) is 5.90. The van der Waals surface area contributed by atoms with Gasteiger partial charge in [-0.05, 0) is 62.4 Å². The molecule has 2 heterocycles. The molecule has 138 valence electrons. The van der Waals surface area contributed by atoms with Gasteiger partial charge in [-0.3, -0.25) is 4.79 Å². The molecule has 0 aliphatic carbocycles. The number of benzene rings is 1. The van der Waals surface area contributed by atoms with E-state index in [0.29, 0.717) is 16.0 Å².